The molecule has 6 heteroatoms. The molecule has 136 valence electrons. The second-order valence-electron chi connectivity index (χ2n) is 6.94. The van der Waals surface area contributed by atoms with E-state index in [9.17, 15) is 9.59 Å². The van der Waals surface area contributed by atoms with Crippen LogP contribution in [0.4, 0.5) is 5.69 Å². The van der Waals surface area contributed by atoms with Gasteiger partial charge in [-0.3, -0.25) is 9.59 Å². The molecule has 2 saturated heterocycles. The predicted molar refractivity (Wildman–Crippen MR) is 96.5 cm³/mol. The van der Waals surface area contributed by atoms with Crippen molar-refractivity contribution >= 4 is 17.5 Å². The fourth-order valence-corrected chi connectivity index (χ4v) is 3.63. The first-order valence-electron chi connectivity index (χ1n) is 9.01. The number of anilines is 1. The van der Waals surface area contributed by atoms with Crippen molar-refractivity contribution in [2.24, 2.45) is 0 Å². The highest BCUT2D eigenvalue weighted by molar-refractivity contribution is 6.00. The van der Waals surface area contributed by atoms with Crippen molar-refractivity contribution in [2.75, 3.05) is 31.6 Å². The maximum atomic E-state index is 12.9. The van der Waals surface area contributed by atoms with Gasteiger partial charge in [-0.25, -0.2) is 0 Å². The van der Waals surface area contributed by atoms with Gasteiger partial charge >= 0.3 is 0 Å². The maximum Gasteiger partial charge on any atom is 0.252 e. The highest BCUT2D eigenvalue weighted by atomic mass is 16.5. The lowest BCUT2D eigenvalue weighted by Crippen LogP contribution is -2.60. The third kappa shape index (κ3) is 3.70. The van der Waals surface area contributed by atoms with Gasteiger partial charge in [-0.2, -0.15) is 0 Å². The van der Waals surface area contributed by atoms with Crippen LogP contribution >= 0.6 is 0 Å². The zero-order valence-corrected chi connectivity index (χ0v) is 15.0. The number of aryl methyl sites for hydroxylation is 1. The Bertz CT molecular complexity index is 623. The van der Waals surface area contributed by atoms with Crippen LogP contribution in [0, 0.1) is 6.92 Å². The average Bonchev–Trinajstić information content (AvgIpc) is 2.65. The molecule has 3 rings (SSSR count). The van der Waals surface area contributed by atoms with Gasteiger partial charge in [0.05, 0.1) is 0 Å². The van der Waals surface area contributed by atoms with Crippen LogP contribution in [0.2, 0.25) is 0 Å². The Morgan fingerprint density at radius 1 is 1.28 bits per heavy atom. The number of carbonyl (C=O) groups excluding carboxylic acids is 2. The number of ether oxygens (including phenoxy) is 1. The molecule has 1 unspecified atom stereocenters. The number of hydrogen-bond donors (Lipinski definition) is 2. The lowest BCUT2D eigenvalue weighted by molar-refractivity contribution is -0.149. The summed E-state index contributed by atoms with van der Waals surface area (Å²) in [4.78, 5) is 27.5. The van der Waals surface area contributed by atoms with E-state index in [2.05, 4.69) is 10.6 Å². The highest BCUT2D eigenvalue weighted by Crippen LogP contribution is 2.25. The van der Waals surface area contributed by atoms with Crippen LogP contribution < -0.4 is 15.5 Å². The molecule has 0 saturated carbocycles. The molecule has 6 nitrogen and oxygen atoms in total. The SMILES string of the molecule is COC1(C(=O)NC2CCCN(c3ccc(C)cc3)C2=O)CCNCC1. The van der Waals surface area contributed by atoms with Crippen LogP contribution in [-0.2, 0) is 14.3 Å². The van der Waals surface area contributed by atoms with E-state index >= 15 is 0 Å². The number of nitrogens with zero attached hydrogens (tertiary/aromatic N) is 1. The van der Waals surface area contributed by atoms with Crippen LogP contribution in [0.25, 0.3) is 0 Å². The number of amides is 2. The molecule has 2 N–H and O–H groups in total. The number of nitrogens with one attached hydrogen (secondary N) is 2. The summed E-state index contributed by atoms with van der Waals surface area (Å²) >= 11 is 0. The number of methoxy groups -OCH3 is 1. The Labute approximate surface area is 148 Å². The van der Waals surface area contributed by atoms with E-state index in [1.807, 2.05) is 31.2 Å². The monoisotopic (exact) mass is 345 g/mol. The van der Waals surface area contributed by atoms with Crippen LogP contribution in [0.5, 0.6) is 0 Å². The van der Waals surface area contributed by atoms with Crippen LogP contribution in [0.15, 0.2) is 24.3 Å². The van der Waals surface area contributed by atoms with Crippen molar-refractivity contribution in [2.45, 2.75) is 44.2 Å². The molecule has 2 aliphatic heterocycles. The van der Waals surface area contributed by atoms with Gasteiger partial charge in [0.15, 0.2) is 0 Å². The third-order valence-corrected chi connectivity index (χ3v) is 5.31. The minimum Gasteiger partial charge on any atom is -0.368 e. The molecule has 0 bridgehead atoms. The van der Waals surface area contributed by atoms with Crippen molar-refractivity contribution in [1.82, 2.24) is 10.6 Å². The fraction of sp³-hybridized carbons (Fsp3) is 0.579. The normalized spacial score (nSPS) is 23.4. The fourth-order valence-electron chi connectivity index (χ4n) is 3.63. The van der Waals surface area contributed by atoms with Gasteiger partial charge in [-0.05, 0) is 57.8 Å². The van der Waals surface area contributed by atoms with Crippen LogP contribution in [-0.4, -0.2) is 50.2 Å². The first-order chi connectivity index (χ1) is 12.1. The number of rotatable bonds is 4. The molecule has 2 heterocycles. The van der Waals surface area contributed by atoms with Crippen molar-refractivity contribution in [3.63, 3.8) is 0 Å². The molecular weight excluding hydrogens is 318 g/mol. The molecular formula is C19H27N3O3. The summed E-state index contributed by atoms with van der Waals surface area (Å²) in [5.74, 6) is -0.204. The van der Waals surface area contributed by atoms with Gasteiger partial charge in [0.2, 0.25) is 5.91 Å². The summed E-state index contributed by atoms with van der Waals surface area (Å²) in [6, 6.07) is 7.44. The molecule has 1 aromatic rings. The van der Waals surface area contributed by atoms with Crippen molar-refractivity contribution in [1.29, 1.82) is 0 Å². The second-order valence-corrected chi connectivity index (χ2v) is 6.94. The third-order valence-electron chi connectivity index (χ3n) is 5.31. The van der Waals surface area contributed by atoms with Gasteiger partial charge in [0.1, 0.15) is 11.6 Å². The quantitative estimate of drug-likeness (QED) is 0.865. The molecule has 25 heavy (non-hydrogen) atoms. The van der Waals surface area contributed by atoms with Gasteiger partial charge in [-0.15, -0.1) is 0 Å². The number of piperidine rings is 2. The van der Waals surface area contributed by atoms with Gasteiger partial charge < -0.3 is 20.3 Å². The molecule has 0 radical (unpaired) electrons. The molecule has 1 aromatic carbocycles. The smallest absolute Gasteiger partial charge is 0.252 e. The van der Waals surface area contributed by atoms with E-state index < -0.39 is 11.6 Å². The summed E-state index contributed by atoms with van der Waals surface area (Å²) in [7, 11) is 1.58. The highest BCUT2D eigenvalue weighted by Gasteiger charge is 2.42. The number of benzene rings is 1. The van der Waals surface area contributed by atoms with E-state index in [1.54, 1.807) is 12.0 Å². The Morgan fingerprint density at radius 2 is 1.96 bits per heavy atom. The Morgan fingerprint density at radius 3 is 2.60 bits per heavy atom. The van der Waals surface area contributed by atoms with Crippen LogP contribution in [0.1, 0.15) is 31.2 Å². The van der Waals surface area contributed by atoms with Gasteiger partial charge in [0.25, 0.3) is 5.91 Å². The van der Waals surface area contributed by atoms with E-state index in [0.717, 1.165) is 30.8 Å². The summed E-state index contributed by atoms with van der Waals surface area (Å²) in [6.45, 7) is 4.20. The lowest BCUT2D eigenvalue weighted by Gasteiger charge is -2.38. The lowest BCUT2D eigenvalue weighted by atomic mass is 9.90. The van der Waals surface area contributed by atoms with Crippen molar-refractivity contribution < 1.29 is 14.3 Å². The Kier molecular flexibility index (Phi) is 5.39. The standard InChI is InChI=1S/C19H27N3O3/c1-14-5-7-15(8-6-14)22-13-3-4-16(17(22)23)21-18(24)19(25-2)9-11-20-12-10-19/h5-8,16,20H,3-4,9-13H2,1-2H3,(H,21,24). The van der Waals surface area contributed by atoms with E-state index in [-0.39, 0.29) is 11.8 Å². The molecule has 2 aliphatic rings. The molecule has 2 amide bonds. The second kappa shape index (κ2) is 7.54. The summed E-state index contributed by atoms with van der Waals surface area (Å²) in [6.07, 6.45) is 2.78. The van der Waals surface area contributed by atoms with Gasteiger partial charge in [-0.1, -0.05) is 17.7 Å². The molecule has 2 fully saturated rings. The first-order valence-corrected chi connectivity index (χ1v) is 9.01. The van der Waals surface area contributed by atoms with Crippen LogP contribution in [0.3, 0.4) is 0 Å². The maximum absolute atomic E-state index is 12.9. The Hall–Kier alpha value is -1.92. The molecule has 0 spiro atoms. The number of carbonyl (C=O) groups is 2. The zero-order valence-electron chi connectivity index (χ0n) is 15.0. The van der Waals surface area contributed by atoms with E-state index in [4.69, 9.17) is 4.74 Å². The average molecular weight is 345 g/mol. The summed E-state index contributed by atoms with van der Waals surface area (Å²) in [5, 5.41) is 6.20. The molecule has 0 aromatic heterocycles. The first kappa shape index (κ1) is 17.9. The minimum atomic E-state index is -0.822. The minimum absolute atomic E-state index is 0.0383. The predicted octanol–water partition coefficient (Wildman–Crippen LogP) is 1.38. The van der Waals surface area contributed by atoms with E-state index in [0.29, 0.717) is 25.8 Å². The van der Waals surface area contributed by atoms with Crippen molar-refractivity contribution in [3.8, 4) is 0 Å². The van der Waals surface area contributed by atoms with Crippen molar-refractivity contribution in [3.05, 3.63) is 29.8 Å². The number of hydrogen-bond acceptors (Lipinski definition) is 4. The zero-order chi connectivity index (χ0) is 17.9. The van der Waals surface area contributed by atoms with E-state index in [1.165, 1.54) is 0 Å². The largest absolute Gasteiger partial charge is 0.368 e. The molecule has 1 atom stereocenters. The Balaban J connectivity index is 1.70. The summed E-state index contributed by atoms with van der Waals surface area (Å²) < 4.78 is 5.57. The summed E-state index contributed by atoms with van der Waals surface area (Å²) in [5.41, 5.74) is 1.22. The molecule has 0 aliphatic carbocycles. The topological polar surface area (TPSA) is 70.7 Å². The van der Waals surface area contributed by atoms with Gasteiger partial charge in [0, 0.05) is 19.3 Å².